The van der Waals surface area contributed by atoms with E-state index in [0.29, 0.717) is 0 Å². The Kier molecular flexibility index (Phi) is 9.83. The number of rotatable bonds is 10. The maximum Gasteiger partial charge on any atom is 0.160 e. The molecule has 0 bridgehead atoms. The number of hydrogen-bond acceptors (Lipinski definition) is 4. The van der Waals surface area contributed by atoms with Crippen molar-refractivity contribution in [3.63, 3.8) is 0 Å². The summed E-state index contributed by atoms with van der Waals surface area (Å²) in [4.78, 5) is 1.48. The Labute approximate surface area is 168 Å². The minimum Gasteiger partial charge on any atom is -1.00 e. The molecule has 2 rings (SSSR count). The predicted molar refractivity (Wildman–Crippen MR) is 103 cm³/mol. The van der Waals surface area contributed by atoms with Crippen molar-refractivity contribution in [2.75, 3.05) is 48.6 Å². The molecule has 6 heteroatoms. The summed E-state index contributed by atoms with van der Waals surface area (Å²) in [5.74, 6) is 3.11. The lowest BCUT2D eigenvalue weighted by molar-refractivity contribution is -0.879. The molecule has 0 saturated heterocycles. The zero-order chi connectivity index (χ0) is 18.9. The first-order chi connectivity index (χ1) is 12.6. The minimum atomic E-state index is 0. The topological polar surface area (TPSA) is 41.4 Å². The van der Waals surface area contributed by atoms with Gasteiger partial charge in [-0.1, -0.05) is 12.1 Å². The maximum absolute atomic E-state index is 5.38. The number of quaternary nitrogens is 1. The highest BCUT2D eigenvalue weighted by atomic mass is 35.5. The number of likely N-dealkylation sites (N-methyl/N-ethyl adjacent to an activating group) is 1. The van der Waals surface area contributed by atoms with Crippen molar-refractivity contribution in [1.29, 1.82) is 0 Å². The first kappa shape index (κ1) is 22.9. The third-order valence-electron chi connectivity index (χ3n) is 4.58. The number of nitrogens with one attached hydrogen (secondary N) is 1. The van der Waals surface area contributed by atoms with Crippen molar-refractivity contribution in [2.45, 2.75) is 12.8 Å². The predicted octanol–water partition coefficient (Wildman–Crippen LogP) is -0.975. The Morgan fingerprint density at radius 2 is 1.00 bits per heavy atom. The van der Waals surface area contributed by atoms with Crippen LogP contribution in [0.2, 0.25) is 0 Å². The smallest absolute Gasteiger partial charge is 0.160 e. The zero-order valence-electron chi connectivity index (χ0n) is 16.8. The van der Waals surface area contributed by atoms with Crippen molar-refractivity contribution in [3.05, 3.63) is 47.5 Å². The summed E-state index contributed by atoms with van der Waals surface area (Å²) in [6.45, 7) is 2.12. The van der Waals surface area contributed by atoms with Crippen molar-refractivity contribution >= 4 is 0 Å². The van der Waals surface area contributed by atoms with Gasteiger partial charge in [-0.05, 0) is 35.4 Å². The van der Waals surface area contributed by atoms with Gasteiger partial charge in [-0.25, -0.2) is 0 Å². The van der Waals surface area contributed by atoms with Gasteiger partial charge in [-0.3, -0.25) is 0 Å². The zero-order valence-corrected chi connectivity index (χ0v) is 17.6. The van der Waals surface area contributed by atoms with Crippen LogP contribution in [0.3, 0.4) is 0 Å². The first-order valence-corrected chi connectivity index (χ1v) is 8.84. The second-order valence-corrected chi connectivity index (χ2v) is 6.34. The van der Waals surface area contributed by atoms with Crippen LogP contribution in [0.4, 0.5) is 0 Å². The Hall–Kier alpha value is -2.11. The number of methoxy groups -OCH3 is 4. The molecule has 5 nitrogen and oxygen atoms in total. The highest BCUT2D eigenvalue weighted by Gasteiger charge is 2.09. The normalized spacial score (nSPS) is 10.3. The molecule has 0 aliphatic rings. The molecular formula is C21H30ClNO4. The van der Waals surface area contributed by atoms with E-state index in [0.717, 1.165) is 48.9 Å². The van der Waals surface area contributed by atoms with Crippen LogP contribution < -0.4 is 36.3 Å². The Morgan fingerprint density at radius 1 is 0.630 bits per heavy atom. The third kappa shape index (κ3) is 6.52. The SMILES string of the molecule is COc1ccc(CC[NH+](C)CCc2ccc(OC)c(OC)c2)cc1OC.[Cl-]. The lowest BCUT2D eigenvalue weighted by atomic mass is 10.1. The Morgan fingerprint density at radius 3 is 1.33 bits per heavy atom. The van der Waals surface area contributed by atoms with E-state index in [1.165, 1.54) is 16.0 Å². The fourth-order valence-electron chi connectivity index (χ4n) is 2.91. The van der Waals surface area contributed by atoms with Crippen LogP contribution in [0.15, 0.2) is 36.4 Å². The van der Waals surface area contributed by atoms with E-state index in [9.17, 15) is 0 Å². The van der Waals surface area contributed by atoms with E-state index in [2.05, 4.69) is 31.3 Å². The van der Waals surface area contributed by atoms with E-state index in [1.807, 2.05) is 12.1 Å². The number of ether oxygens (including phenoxy) is 4. The molecule has 0 aliphatic carbocycles. The number of halogens is 1. The second-order valence-electron chi connectivity index (χ2n) is 6.34. The van der Waals surface area contributed by atoms with E-state index >= 15 is 0 Å². The number of benzene rings is 2. The maximum atomic E-state index is 5.38. The molecular weight excluding hydrogens is 366 g/mol. The molecule has 0 heterocycles. The molecule has 0 aliphatic heterocycles. The molecule has 0 unspecified atom stereocenters. The molecule has 0 saturated carbocycles. The largest absolute Gasteiger partial charge is 1.00 e. The van der Waals surface area contributed by atoms with Crippen molar-refractivity contribution in [2.24, 2.45) is 0 Å². The number of hydrogen-bond donors (Lipinski definition) is 1. The molecule has 2 aromatic rings. The monoisotopic (exact) mass is 395 g/mol. The molecule has 0 spiro atoms. The first-order valence-electron chi connectivity index (χ1n) is 8.84. The quantitative estimate of drug-likeness (QED) is 0.562. The van der Waals surface area contributed by atoms with Gasteiger partial charge < -0.3 is 36.3 Å². The summed E-state index contributed by atoms with van der Waals surface area (Å²) in [5.41, 5.74) is 2.52. The summed E-state index contributed by atoms with van der Waals surface area (Å²) in [6.07, 6.45) is 2.00. The van der Waals surface area contributed by atoms with Crippen LogP contribution in [0.5, 0.6) is 23.0 Å². The molecule has 27 heavy (non-hydrogen) atoms. The molecule has 150 valence electrons. The van der Waals surface area contributed by atoms with Crippen LogP contribution in [0, 0.1) is 0 Å². The van der Waals surface area contributed by atoms with Crippen LogP contribution in [0.1, 0.15) is 11.1 Å². The molecule has 0 radical (unpaired) electrons. The fourth-order valence-corrected chi connectivity index (χ4v) is 2.91. The Balaban J connectivity index is 0.00000364. The van der Waals surface area contributed by atoms with Gasteiger partial charge in [0.2, 0.25) is 0 Å². The second kappa shape index (κ2) is 11.6. The van der Waals surface area contributed by atoms with Crippen LogP contribution in [-0.2, 0) is 12.8 Å². The van der Waals surface area contributed by atoms with Gasteiger partial charge in [-0.2, -0.15) is 0 Å². The highest BCUT2D eigenvalue weighted by molar-refractivity contribution is 5.43. The Bertz CT molecular complexity index is 649. The molecule has 0 aromatic heterocycles. The van der Waals surface area contributed by atoms with Gasteiger partial charge >= 0.3 is 0 Å². The average Bonchev–Trinajstić information content (AvgIpc) is 2.69. The molecule has 1 N–H and O–H groups in total. The van der Waals surface area contributed by atoms with E-state index < -0.39 is 0 Å². The van der Waals surface area contributed by atoms with Crippen molar-refractivity contribution in [3.8, 4) is 23.0 Å². The van der Waals surface area contributed by atoms with Gasteiger partial charge in [0, 0.05) is 12.8 Å². The third-order valence-corrected chi connectivity index (χ3v) is 4.58. The van der Waals surface area contributed by atoms with E-state index in [1.54, 1.807) is 28.4 Å². The van der Waals surface area contributed by atoms with Gasteiger partial charge in [0.15, 0.2) is 23.0 Å². The summed E-state index contributed by atoms with van der Waals surface area (Å²) in [7, 11) is 8.87. The van der Waals surface area contributed by atoms with Crippen molar-refractivity contribution < 1.29 is 36.3 Å². The minimum absolute atomic E-state index is 0. The standard InChI is InChI=1S/C21H29NO4.ClH/c1-22(12-10-16-6-8-18(23-2)20(14-16)25-4)13-11-17-7-9-19(24-3)21(15-17)26-5;/h6-9,14-15H,10-13H2,1-5H3;1H. The molecule has 2 aromatic carbocycles. The summed E-state index contributed by atoms with van der Waals surface area (Å²) in [6, 6.07) is 12.2. The van der Waals surface area contributed by atoms with Crippen LogP contribution in [-0.4, -0.2) is 48.6 Å². The van der Waals surface area contributed by atoms with Gasteiger partial charge in [0.05, 0.1) is 48.6 Å². The summed E-state index contributed by atoms with van der Waals surface area (Å²) >= 11 is 0. The summed E-state index contributed by atoms with van der Waals surface area (Å²) in [5, 5.41) is 0. The van der Waals surface area contributed by atoms with E-state index in [-0.39, 0.29) is 12.4 Å². The van der Waals surface area contributed by atoms with Gasteiger partial charge in [0.1, 0.15) is 0 Å². The van der Waals surface area contributed by atoms with Gasteiger partial charge in [-0.15, -0.1) is 0 Å². The summed E-state index contributed by atoms with van der Waals surface area (Å²) < 4.78 is 21.3. The molecule has 0 atom stereocenters. The highest BCUT2D eigenvalue weighted by Crippen LogP contribution is 2.28. The van der Waals surface area contributed by atoms with Gasteiger partial charge in [0.25, 0.3) is 0 Å². The lowest BCUT2D eigenvalue weighted by Crippen LogP contribution is -3.09. The fraction of sp³-hybridized carbons (Fsp3) is 0.429. The van der Waals surface area contributed by atoms with Crippen LogP contribution >= 0.6 is 0 Å². The lowest BCUT2D eigenvalue weighted by Gasteiger charge is -2.15. The van der Waals surface area contributed by atoms with E-state index in [4.69, 9.17) is 18.9 Å². The van der Waals surface area contributed by atoms with Crippen molar-refractivity contribution in [1.82, 2.24) is 0 Å². The average molecular weight is 396 g/mol. The molecule has 0 amide bonds. The molecule has 0 fully saturated rings. The van der Waals surface area contributed by atoms with Crippen LogP contribution in [0.25, 0.3) is 0 Å².